The first-order valence-corrected chi connectivity index (χ1v) is 12.3. The molecule has 3 aromatic carbocycles. The maximum Gasteiger partial charge on any atom is 0.330 e. The van der Waals surface area contributed by atoms with Crippen LogP contribution in [0.25, 0.3) is 44.8 Å². The van der Waals surface area contributed by atoms with E-state index < -0.39 is 11.2 Å². The first kappa shape index (κ1) is 24.8. The van der Waals surface area contributed by atoms with Crippen molar-refractivity contribution in [3.63, 3.8) is 0 Å². The van der Waals surface area contributed by atoms with Gasteiger partial charge in [-0.3, -0.25) is 4.98 Å². The summed E-state index contributed by atoms with van der Waals surface area (Å²) < 4.78 is 5.86. The summed E-state index contributed by atoms with van der Waals surface area (Å²) in [5, 5.41) is 11.3. The van der Waals surface area contributed by atoms with Gasteiger partial charge in [-0.25, -0.2) is 9.97 Å². The number of para-hydroxylation sites is 1. The molecule has 6 heteroatoms. The van der Waals surface area contributed by atoms with Crippen molar-refractivity contribution in [2.24, 2.45) is 0 Å². The molecule has 0 fully saturated rings. The minimum atomic E-state index is -0.967. The summed E-state index contributed by atoms with van der Waals surface area (Å²) in [6.07, 6.45) is 1.82. The molecule has 0 amide bonds. The smallest absolute Gasteiger partial charge is 0.330 e. The molecule has 0 atom stereocenters. The average Bonchev–Trinajstić information content (AvgIpc) is 2.91. The molecule has 5 aromatic rings. The summed E-state index contributed by atoms with van der Waals surface area (Å²) in [5.74, 6) is 0.646. The minimum Gasteiger partial charge on any atom is -0.427 e. The Kier molecular flexibility index (Phi) is 6.63. The molecule has 0 saturated carbocycles. The third-order valence-electron chi connectivity index (χ3n) is 6.84. The summed E-state index contributed by atoms with van der Waals surface area (Å²) in [4.78, 5) is 14.4. The van der Waals surface area contributed by atoms with Crippen LogP contribution in [0.3, 0.4) is 0 Å². The van der Waals surface area contributed by atoms with E-state index in [1.807, 2.05) is 92.8 Å². The molecule has 183 valence electrons. The van der Waals surface area contributed by atoms with Gasteiger partial charge >= 0.3 is 7.48 Å². The molecule has 0 unspecified atom stereocenters. The van der Waals surface area contributed by atoms with Gasteiger partial charge in [-0.05, 0) is 45.9 Å². The molecule has 0 aliphatic rings. The van der Waals surface area contributed by atoms with Crippen LogP contribution in [0, 0.1) is 0 Å². The zero-order valence-electron chi connectivity index (χ0n) is 21.5. The summed E-state index contributed by atoms with van der Waals surface area (Å²) >= 11 is 0. The monoisotopic (exact) mass is 486 g/mol. The van der Waals surface area contributed by atoms with Crippen LogP contribution in [0.5, 0.6) is 0 Å². The van der Waals surface area contributed by atoms with Crippen LogP contribution in [0.4, 0.5) is 0 Å². The normalized spacial score (nSPS) is 12.0. The van der Waals surface area contributed by atoms with Gasteiger partial charge in [0.25, 0.3) is 0 Å². The van der Waals surface area contributed by atoms with Crippen molar-refractivity contribution < 1.29 is 9.76 Å². The van der Waals surface area contributed by atoms with Crippen LogP contribution in [-0.4, -0.2) is 38.7 Å². The number of rotatable bonds is 7. The largest absolute Gasteiger partial charge is 0.427 e. The van der Waals surface area contributed by atoms with E-state index in [2.05, 4.69) is 18.2 Å². The summed E-state index contributed by atoms with van der Waals surface area (Å²) in [7, 11) is 1.68. The Bertz CT molecular complexity index is 1510. The van der Waals surface area contributed by atoms with Crippen molar-refractivity contribution in [3.8, 4) is 33.9 Å². The van der Waals surface area contributed by atoms with Gasteiger partial charge in [-0.15, -0.1) is 0 Å². The average molecular weight is 486 g/mol. The molecule has 0 saturated heterocycles. The molecular weight excluding hydrogens is 457 g/mol. The third-order valence-corrected chi connectivity index (χ3v) is 6.84. The number of pyridine rings is 1. The Hall–Kier alpha value is -3.87. The van der Waals surface area contributed by atoms with E-state index in [4.69, 9.17) is 19.6 Å². The predicted molar refractivity (Wildman–Crippen MR) is 150 cm³/mol. The van der Waals surface area contributed by atoms with E-state index in [0.29, 0.717) is 5.82 Å². The Balaban J connectivity index is 1.39. The topological polar surface area (TPSA) is 68.1 Å². The summed E-state index contributed by atoms with van der Waals surface area (Å²) in [5.41, 5.74) is 4.81. The molecular formula is C31H29BN3O2. The number of fused-ring (bicyclic) bond motifs is 1. The number of benzene rings is 3. The number of aliphatic hydroxyl groups is 1. The van der Waals surface area contributed by atoms with Gasteiger partial charge in [0.2, 0.25) is 0 Å². The van der Waals surface area contributed by atoms with Gasteiger partial charge in [0.1, 0.15) is 0 Å². The lowest BCUT2D eigenvalue weighted by Crippen LogP contribution is -2.49. The highest BCUT2D eigenvalue weighted by Gasteiger charge is 2.35. The second-order valence-electron chi connectivity index (χ2n) is 10.1. The fraction of sp³-hybridized carbons (Fsp3) is 0.194. The van der Waals surface area contributed by atoms with Gasteiger partial charge in [-0.2, -0.15) is 0 Å². The Morgan fingerprint density at radius 1 is 0.703 bits per heavy atom. The van der Waals surface area contributed by atoms with Crippen molar-refractivity contribution in [2.45, 2.75) is 38.9 Å². The second-order valence-corrected chi connectivity index (χ2v) is 10.1. The molecule has 1 N–H and O–H groups in total. The minimum absolute atomic E-state index is 0.646. The first-order valence-electron chi connectivity index (χ1n) is 12.3. The van der Waals surface area contributed by atoms with Crippen molar-refractivity contribution in [3.05, 3.63) is 97.2 Å². The highest BCUT2D eigenvalue weighted by molar-refractivity contribution is 6.47. The SMILES string of the molecule is CC(C)(O)C(C)(C)O[B]c1ccc(-c2ccc(-c3nc(-c4ccccc4)c4ccccc4n3)cn2)cc1. The molecule has 0 bridgehead atoms. The molecule has 5 nitrogen and oxygen atoms in total. The molecule has 0 spiro atoms. The number of hydrogen-bond acceptors (Lipinski definition) is 5. The number of nitrogens with zero attached hydrogens (tertiary/aromatic N) is 3. The lowest BCUT2D eigenvalue weighted by molar-refractivity contribution is -0.0893. The van der Waals surface area contributed by atoms with Gasteiger partial charge in [0.05, 0.1) is 28.1 Å². The summed E-state index contributed by atoms with van der Waals surface area (Å²) in [6.45, 7) is 7.21. The van der Waals surface area contributed by atoms with E-state index >= 15 is 0 Å². The number of aromatic nitrogens is 3. The lowest BCUT2D eigenvalue weighted by atomic mass is 9.82. The maximum atomic E-state index is 10.3. The van der Waals surface area contributed by atoms with Gasteiger partial charge < -0.3 is 9.76 Å². The molecule has 2 aromatic heterocycles. The Morgan fingerprint density at radius 2 is 1.38 bits per heavy atom. The Labute approximate surface area is 218 Å². The van der Waals surface area contributed by atoms with Crippen molar-refractivity contribution in [1.29, 1.82) is 0 Å². The van der Waals surface area contributed by atoms with E-state index in [9.17, 15) is 5.11 Å². The van der Waals surface area contributed by atoms with Crippen LogP contribution in [0.1, 0.15) is 27.7 Å². The fourth-order valence-electron chi connectivity index (χ4n) is 3.81. The van der Waals surface area contributed by atoms with E-state index in [1.165, 1.54) is 0 Å². The first-order chi connectivity index (χ1) is 17.7. The standard InChI is InChI=1S/C31H29BN3O2/c1-30(2,36)31(3,4)37-32-24-17-14-21(15-18-24)26-19-16-23(20-33-26)29-34-27-13-9-8-12-25(27)28(35-29)22-10-6-5-7-11-22/h5-20,36H,1-4H3. The molecule has 5 rings (SSSR count). The van der Waals surface area contributed by atoms with E-state index in [-0.39, 0.29) is 0 Å². The highest BCUT2D eigenvalue weighted by Crippen LogP contribution is 2.29. The zero-order valence-corrected chi connectivity index (χ0v) is 21.5. The van der Waals surface area contributed by atoms with Crippen LogP contribution >= 0.6 is 0 Å². The zero-order chi connectivity index (χ0) is 26.0. The predicted octanol–water partition coefficient (Wildman–Crippen LogP) is 5.84. The second kappa shape index (κ2) is 9.89. The van der Waals surface area contributed by atoms with E-state index in [0.717, 1.165) is 44.4 Å². The van der Waals surface area contributed by atoms with E-state index in [1.54, 1.807) is 21.3 Å². The molecule has 37 heavy (non-hydrogen) atoms. The third kappa shape index (κ3) is 5.31. The van der Waals surface area contributed by atoms with Crippen molar-refractivity contribution in [2.75, 3.05) is 0 Å². The van der Waals surface area contributed by atoms with Crippen LogP contribution < -0.4 is 5.46 Å². The van der Waals surface area contributed by atoms with Crippen molar-refractivity contribution in [1.82, 2.24) is 15.0 Å². The summed E-state index contributed by atoms with van der Waals surface area (Å²) in [6, 6.07) is 30.2. The quantitative estimate of drug-likeness (QED) is 0.293. The fourth-order valence-corrected chi connectivity index (χ4v) is 3.81. The maximum absolute atomic E-state index is 10.3. The Morgan fingerprint density at radius 3 is 2.05 bits per heavy atom. The van der Waals surface area contributed by atoms with Crippen molar-refractivity contribution >= 4 is 23.8 Å². The van der Waals surface area contributed by atoms with Crippen LogP contribution in [0.15, 0.2) is 97.2 Å². The number of hydrogen-bond donors (Lipinski definition) is 1. The molecule has 1 radical (unpaired) electrons. The van der Waals surface area contributed by atoms with Crippen LogP contribution in [0.2, 0.25) is 0 Å². The molecule has 0 aliphatic carbocycles. The van der Waals surface area contributed by atoms with Gasteiger partial charge in [0, 0.05) is 28.3 Å². The lowest BCUT2D eigenvalue weighted by Gasteiger charge is -2.37. The van der Waals surface area contributed by atoms with Crippen LogP contribution in [-0.2, 0) is 4.65 Å². The highest BCUT2D eigenvalue weighted by atomic mass is 16.5. The van der Waals surface area contributed by atoms with Gasteiger partial charge in [0.15, 0.2) is 5.82 Å². The molecule has 2 heterocycles. The molecule has 0 aliphatic heterocycles. The van der Waals surface area contributed by atoms with Gasteiger partial charge in [-0.1, -0.05) is 78.3 Å².